The number of aromatic nitrogens is 4. The number of tetrazole rings is 1. The minimum Gasteiger partial charge on any atom is -1.00 e. The van der Waals surface area contributed by atoms with Crippen LogP contribution in [0.3, 0.4) is 0 Å². The monoisotopic (exact) mass is 578 g/mol. The van der Waals surface area contributed by atoms with Crippen LogP contribution in [0.25, 0.3) is 22.5 Å². The zero-order valence-corrected chi connectivity index (χ0v) is 25.5. The molecule has 0 fully saturated rings. The number of carbonyl (C=O) groups excluding carboxylic acids is 1. The van der Waals surface area contributed by atoms with Crippen molar-refractivity contribution in [2.24, 2.45) is 0 Å². The van der Waals surface area contributed by atoms with Gasteiger partial charge in [-0.2, -0.15) is 21.2 Å². The van der Waals surface area contributed by atoms with Crippen LogP contribution in [0.4, 0.5) is 5.69 Å². The number of unbranched alkanes of at least 4 members (excludes halogenated alkanes) is 1. The molecule has 3 N–H and O–H groups in total. The first kappa shape index (κ1) is 29.6. The van der Waals surface area contributed by atoms with Crippen molar-refractivity contribution in [2.45, 2.75) is 45.8 Å². The van der Waals surface area contributed by atoms with Crippen molar-refractivity contribution in [3.8, 4) is 22.5 Å². The number of phosphoric acid groups is 1. The molecule has 1 unspecified atom stereocenters. The molecular formula is C25H28N6NaO5PS. The topological polar surface area (TPSA) is 145 Å². The van der Waals surface area contributed by atoms with Gasteiger partial charge in [0, 0.05) is 23.1 Å². The molecule has 11 nitrogen and oxygen atoms in total. The fraction of sp³-hybridized carbons (Fsp3) is 0.280. The minimum atomic E-state index is -4.89. The number of nitrogens with zero attached hydrogens (tertiary/aromatic N) is 5. The summed E-state index contributed by atoms with van der Waals surface area (Å²) in [5.74, 6) is 0.304. The Morgan fingerprint density at radius 3 is 2.54 bits per heavy atom. The van der Waals surface area contributed by atoms with Gasteiger partial charge < -0.3 is 16.1 Å². The van der Waals surface area contributed by atoms with E-state index in [0.717, 1.165) is 40.7 Å². The first-order valence-corrected chi connectivity index (χ1v) is 14.6. The number of anilines is 1. The third-order valence-corrected chi connectivity index (χ3v) is 7.52. The molecule has 0 spiro atoms. The number of amides is 1. The van der Waals surface area contributed by atoms with E-state index in [9.17, 15) is 19.1 Å². The van der Waals surface area contributed by atoms with Crippen LogP contribution in [0.5, 0.6) is 0 Å². The standard InChI is InChI=1S/C25H27N6O5PS.Na.H/c1-3-4-5-23-30(25(32)19-12-16(2)6-11-22(19)31(23)36-37(33,34)35)13-17-7-9-18(10-8-17)20-14-38-15-21(20)24-26-28-29-27-24;;/h6-12,14-15,23H,3-5,13H2,1-2H3,(H2,33,34,35)(H,26,27,28,29);;/q;+1;-1. The predicted octanol–water partition coefficient (Wildman–Crippen LogP) is 2.02. The summed E-state index contributed by atoms with van der Waals surface area (Å²) < 4.78 is 17.1. The molecule has 0 saturated carbocycles. The molecule has 5 rings (SSSR count). The zero-order valence-electron chi connectivity index (χ0n) is 22.8. The van der Waals surface area contributed by atoms with Gasteiger partial charge in [-0.05, 0) is 53.6 Å². The van der Waals surface area contributed by atoms with Crippen molar-refractivity contribution < 1.29 is 54.8 Å². The molecule has 2 aromatic carbocycles. The second-order valence-corrected chi connectivity index (χ2v) is 11.0. The van der Waals surface area contributed by atoms with Crippen LogP contribution in [0.15, 0.2) is 53.2 Å². The Morgan fingerprint density at radius 1 is 1.13 bits per heavy atom. The van der Waals surface area contributed by atoms with Gasteiger partial charge >= 0.3 is 37.4 Å². The number of hydrogen-bond acceptors (Lipinski definition) is 8. The number of hydrogen-bond donors (Lipinski definition) is 3. The van der Waals surface area contributed by atoms with Crippen molar-refractivity contribution >= 4 is 30.8 Å². The molecule has 0 saturated heterocycles. The van der Waals surface area contributed by atoms with Crippen LogP contribution in [-0.2, 0) is 15.7 Å². The fourth-order valence-electron chi connectivity index (χ4n) is 4.60. The Kier molecular flexibility index (Phi) is 9.41. The quantitative estimate of drug-likeness (QED) is 0.201. The first-order valence-electron chi connectivity index (χ1n) is 12.1. The van der Waals surface area contributed by atoms with E-state index in [4.69, 9.17) is 4.62 Å². The zero-order chi connectivity index (χ0) is 26.9. The maximum absolute atomic E-state index is 13.7. The minimum absolute atomic E-state index is 0. The van der Waals surface area contributed by atoms with Crippen molar-refractivity contribution in [3.63, 3.8) is 0 Å². The molecule has 1 aliphatic rings. The number of aromatic amines is 1. The summed E-state index contributed by atoms with van der Waals surface area (Å²) in [4.78, 5) is 34.7. The summed E-state index contributed by atoms with van der Waals surface area (Å²) in [6, 6.07) is 13.0. The molecule has 3 heterocycles. The number of nitrogens with one attached hydrogen (secondary N) is 1. The molecule has 1 amide bonds. The average molecular weight is 579 g/mol. The maximum Gasteiger partial charge on any atom is 1.00 e. The van der Waals surface area contributed by atoms with Gasteiger partial charge in [-0.1, -0.05) is 49.2 Å². The number of benzene rings is 2. The fourth-order valence-corrected chi connectivity index (χ4v) is 5.86. The van der Waals surface area contributed by atoms with Crippen LogP contribution in [0, 0.1) is 6.92 Å². The Labute approximate surface area is 253 Å². The summed E-state index contributed by atoms with van der Waals surface area (Å²) in [5, 5.41) is 19.5. The van der Waals surface area contributed by atoms with Crippen LogP contribution < -0.4 is 34.6 Å². The number of hydroxylamine groups is 1. The normalized spacial score (nSPS) is 15.3. The molecule has 1 aliphatic heterocycles. The molecule has 0 radical (unpaired) electrons. The second kappa shape index (κ2) is 12.4. The third-order valence-electron chi connectivity index (χ3n) is 6.39. The van der Waals surface area contributed by atoms with E-state index in [2.05, 4.69) is 20.6 Å². The molecule has 2 aromatic heterocycles. The largest absolute Gasteiger partial charge is 1.00 e. The van der Waals surface area contributed by atoms with Crippen LogP contribution in [-0.4, -0.2) is 47.4 Å². The number of fused-ring (bicyclic) bond motifs is 1. The average Bonchev–Trinajstić information content (AvgIpc) is 3.58. The molecule has 4 aromatic rings. The van der Waals surface area contributed by atoms with Gasteiger partial charge in [0.15, 0.2) is 0 Å². The Balaban J connectivity index is 0.00000220. The number of H-pyrrole nitrogens is 1. The SMILES string of the molecule is CCCCC1N(Cc2ccc(-c3cscc3-c3nn[nH]n3)cc2)C(=O)c2cc(C)ccc2N1OP(=O)(O)O.[H-].[Na+]. The Hall–Kier alpha value is -2.41. The van der Waals surface area contributed by atoms with Crippen molar-refractivity contribution in [1.29, 1.82) is 0 Å². The summed E-state index contributed by atoms with van der Waals surface area (Å²) in [6.45, 7) is 4.12. The third kappa shape index (κ3) is 6.50. The van der Waals surface area contributed by atoms with E-state index in [-0.39, 0.29) is 43.4 Å². The summed E-state index contributed by atoms with van der Waals surface area (Å²) >= 11 is 1.54. The summed E-state index contributed by atoms with van der Waals surface area (Å²) in [5.41, 5.74) is 5.23. The predicted molar refractivity (Wildman–Crippen MR) is 144 cm³/mol. The van der Waals surface area contributed by atoms with E-state index < -0.39 is 14.0 Å². The van der Waals surface area contributed by atoms with Crippen LogP contribution in [0.2, 0.25) is 0 Å². The molecular weight excluding hydrogens is 550 g/mol. The van der Waals surface area contributed by atoms with E-state index in [1.54, 1.807) is 34.4 Å². The van der Waals surface area contributed by atoms with E-state index >= 15 is 0 Å². The van der Waals surface area contributed by atoms with Crippen LogP contribution >= 0.6 is 19.2 Å². The molecule has 39 heavy (non-hydrogen) atoms. The van der Waals surface area contributed by atoms with E-state index in [1.165, 1.54) is 5.06 Å². The number of aryl methyl sites for hydroxylation is 1. The summed E-state index contributed by atoms with van der Waals surface area (Å²) in [7, 11) is -4.89. The van der Waals surface area contributed by atoms with Gasteiger partial charge in [-0.15, -0.1) is 10.2 Å². The van der Waals surface area contributed by atoms with E-state index in [1.807, 2.05) is 48.9 Å². The maximum atomic E-state index is 13.7. The van der Waals surface area contributed by atoms with Gasteiger partial charge in [0.25, 0.3) is 5.91 Å². The smallest absolute Gasteiger partial charge is 1.00 e. The number of carbonyl (C=O) groups is 1. The number of thiophene rings is 1. The molecule has 1 atom stereocenters. The van der Waals surface area contributed by atoms with Gasteiger partial charge in [-0.25, -0.2) is 9.63 Å². The summed E-state index contributed by atoms with van der Waals surface area (Å²) in [6.07, 6.45) is 1.39. The van der Waals surface area contributed by atoms with Crippen molar-refractivity contribution in [1.82, 2.24) is 25.5 Å². The van der Waals surface area contributed by atoms with Crippen molar-refractivity contribution in [3.05, 3.63) is 69.9 Å². The van der Waals surface area contributed by atoms with Gasteiger partial charge in [-0.3, -0.25) is 4.79 Å². The van der Waals surface area contributed by atoms with E-state index in [0.29, 0.717) is 23.5 Å². The van der Waals surface area contributed by atoms with Gasteiger partial charge in [0.2, 0.25) is 5.82 Å². The van der Waals surface area contributed by atoms with Gasteiger partial charge in [0.1, 0.15) is 6.17 Å². The molecule has 14 heteroatoms. The Bertz CT molecular complexity index is 1480. The second-order valence-electron chi connectivity index (χ2n) is 9.11. The van der Waals surface area contributed by atoms with Crippen LogP contribution in [0.1, 0.15) is 49.1 Å². The van der Waals surface area contributed by atoms with Crippen molar-refractivity contribution in [2.75, 3.05) is 5.06 Å². The molecule has 0 bridgehead atoms. The molecule has 0 aliphatic carbocycles. The number of rotatable bonds is 9. The first-order chi connectivity index (χ1) is 18.2. The molecule has 200 valence electrons. The van der Waals surface area contributed by atoms with Gasteiger partial charge in [0.05, 0.1) is 11.3 Å². The Morgan fingerprint density at radius 2 is 1.87 bits per heavy atom.